The van der Waals surface area contributed by atoms with Crippen LogP contribution in [0, 0.1) is 0 Å². The van der Waals surface area contributed by atoms with Crippen molar-refractivity contribution in [1.82, 2.24) is 4.90 Å². The number of likely N-dealkylation sites (tertiary alicyclic amines) is 1. The first kappa shape index (κ1) is 18.7. The van der Waals surface area contributed by atoms with Gasteiger partial charge in [0.1, 0.15) is 5.76 Å². The van der Waals surface area contributed by atoms with E-state index < -0.39 is 17.7 Å². The Balaban J connectivity index is 1.76. The van der Waals surface area contributed by atoms with Crippen molar-refractivity contribution in [3.05, 3.63) is 113 Å². The SMILES string of the molecule is O=C1C(=O)N(CCc2ccccc2)[C@H](c2ccccc2)C1=C(O)c1ccccc1. The molecular formula is C25H21NO3. The fraction of sp³-hybridized carbons (Fsp3) is 0.120. The van der Waals surface area contributed by atoms with Crippen molar-refractivity contribution < 1.29 is 14.7 Å². The summed E-state index contributed by atoms with van der Waals surface area (Å²) in [5.41, 5.74) is 2.55. The predicted octanol–water partition coefficient (Wildman–Crippen LogP) is 4.35. The van der Waals surface area contributed by atoms with E-state index in [1.165, 1.54) is 0 Å². The Bertz CT molecular complexity index is 1040. The zero-order valence-corrected chi connectivity index (χ0v) is 15.9. The molecule has 0 spiro atoms. The molecule has 1 fully saturated rings. The van der Waals surface area contributed by atoms with Crippen LogP contribution in [0.3, 0.4) is 0 Å². The molecule has 1 heterocycles. The van der Waals surface area contributed by atoms with Crippen LogP contribution in [0.5, 0.6) is 0 Å². The van der Waals surface area contributed by atoms with Gasteiger partial charge in [-0.15, -0.1) is 0 Å². The van der Waals surface area contributed by atoms with Crippen LogP contribution in [0.25, 0.3) is 5.76 Å². The first-order valence-corrected chi connectivity index (χ1v) is 9.59. The molecule has 1 amide bonds. The van der Waals surface area contributed by atoms with E-state index in [9.17, 15) is 14.7 Å². The molecule has 0 saturated carbocycles. The van der Waals surface area contributed by atoms with Crippen molar-refractivity contribution in [2.24, 2.45) is 0 Å². The summed E-state index contributed by atoms with van der Waals surface area (Å²) in [6.07, 6.45) is 0.628. The highest BCUT2D eigenvalue weighted by atomic mass is 16.3. The first-order chi connectivity index (χ1) is 14.2. The van der Waals surface area contributed by atoms with Gasteiger partial charge in [0, 0.05) is 12.1 Å². The van der Waals surface area contributed by atoms with E-state index in [2.05, 4.69) is 0 Å². The minimum absolute atomic E-state index is 0.139. The molecule has 0 aromatic heterocycles. The zero-order valence-electron chi connectivity index (χ0n) is 15.9. The molecule has 0 aliphatic carbocycles. The molecule has 4 rings (SSSR count). The number of benzene rings is 3. The summed E-state index contributed by atoms with van der Waals surface area (Å²) in [6.45, 7) is 0.389. The van der Waals surface area contributed by atoms with Gasteiger partial charge in [-0.3, -0.25) is 9.59 Å². The lowest BCUT2D eigenvalue weighted by molar-refractivity contribution is -0.139. The molecule has 1 saturated heterocycles. The number of hydrogen-bond donors (Lipinski definition) is 1. The Labute approximate surface area is 169 Å². The van der Waals surface area contributed by atoms with Gasteiger partial charge in [-0.05, 0) is 17.5 Å². The van der Waals surface area contributed by atoms with Gasteiger partial charge in [0.2, 0.25) is 0 Å². The third-order valence-electron chi connectivity index (χ3n) is 5.19. The molecule has 0 unspecified atom stereocenters. The Hall–Kier alpha value is -3.66. The lowest BCUT2D eigenvalue weighted by Crippen LogP contribution is -2.31. The summed E-state index contributed by atoms with van der Waals surface area (Å²) in [6, 6.07) is 27.5. The Kier molecular flexibility index (Phi) is 5.25. The molecule has 29 heavy (non-hydrogen) atoms. The van der Waals surface area contributed by atoms with E-state index in [0.717, 1.165) is 11.1 Å². The number of amides is 1. The largest absolute Gasteiger partial charge is 0.507 e. The fourth-order valence-corrected chi connectivity index (χ4v) is 3.74. The number of carbonyl (C=O) groups excluding carboxylic acids is 2. The maximum atomic E-state index is 12.9. The van der Waals surface area contributed by atoms with Crippen molar-refractivity contribution in [3.63, 3.8) is 0 Å². The summed E-state index contributed by atoms with van der Waals surface area (Å²) >= 11 is 0. The Morgan fingerprint density at radius 1 is 0.793 bits per heavy atom. The lowest BCUT2D eigenvalue weighted by atomic mass is 9.95. The topological polar surface area (TPSA) is 57.6 Å². The summed E-state index contributed by atoms with van der Waals surface area (Å²) in [5.74, 6) is -1.36. The van der Waals surface area contributed by atoms with Crippen molar-refractivity contribution in [3.8, 4) is 0 Å². The number of rotatable bonds is 5. The number of nitrogens with zero attached hydrogens (tertiary/aromatic N) is 1. The maximum absolute atomic E-state index is 12.9. The van der Waals surface area contributed by atoms with Crippen molar-refractivity contribution in [2.75, 3.05) is 6.54 Å². The molecule has 4 nitrogen and oxygen atoms in total. The molecular weight excluding hydrogens is 362 g/mol. The third kappa shape index (κ3) is 3.69. The van der Waals surface area contributed by atoms with E-state index in [1.54, 1.807) is 29.2 Å². The number of hydrogen-bond acceptors (Lipinski definition) is 3. The average Bonchev–Trinajstić information content (AvgIpc) is 3.04. The van der Waals surface area contributed by atoms with Crippen LogP contribution in [0.2, 0.25) is 0 Å². The van der Waals surface area contributed by atoms with Gasteiger partial charge in [-0.25, -0.2) is 0 Å². The summed E-state index contributed by atoms with van der Waals surface area (Å²) in [7, 11) is 0. The van der Waals surface area contributed by atoms with Gasteiger partial charge in [-0.1, -0.05) is 91.0 Å². The van der Waals surface area contributed by atoms with Crippen LogP contribution >= 0.6 is 0 Å². The van der Waals surface area contributed by atoms with E-state index in [1.807, 2.05) is 66.7 Å². The maximum Gasteiger partial charge on any atom is 0.295 e. The molecule has 0 radical (unpaired) electrons. The number of aliphatic hydroxyl groups excluding tert-OH is 1. The molecule has 0 bridgehead atoms. The van der Waals surface area contributed by atoms with Crippen LogP contribution in [-0.4, -0.2) is 28.2 Å². The van der Waals surface area contributed by atoms with Gasteiger partial charge in [-0.2, -0.15) is 0 Å². The number of aliphatic hydroxyl groups is 1. The van der Waals surface area contributed by atoms with Crippen LogP contribution in [0.1, 0.15) is 22.7 Å². The van der Waals surface area contributed by atoms with Gasteiger partial charge < -0.3 is 10.0 Å². The zero-order chi connectivity index (χ0) is 20.2. The quantitative estimate of drug-likeness (QED) is 0.405. The smallest absolute Gasteiger partial charge is 0.295 e. The van der Waals surface area contributed by atoms with E-state index in [-0.39, 0.29) is 11.3 Å². The van der Waals surface area contributed by atoms with Gasteiger partial charge in [0.05, 0.1) is 11.6 Å². The first-order valence-electron chi connectivity index (χ1n) is 9.59. The molecule has 4 heteroatoms. The normalized spacial score (nSPS) is 18.2. The Morgan fingerprint density at radius 2 is 1.34 bits per heavy atom. The minimum Gasteiger partial charge on any atom is -0.507 e. The van der Waals surface area contributed by atoms with Crippen molar-refractivity contribution in [1.29, 1.82) is 0 Å². The summed E-state index contributed by atoms with van der Waals surface area (Å²) < 4.78 is 0. The Morgan fingerprint density at radius 3 is 1.97 bits per heavy atom. The molecule has 1 atom stereocenters. The van der Waals surface area contributed by atoms with E-state index >= 15 is 0 Å². The highest BCUT2D eigenvalue weighted by Crippen LogP contribution is 2.39. The number of ketones is 1. The molecule has 1 N–H and O–H groups in total. The summed E-state index contributed by atoms with van der Waals surface area (Å²) in [4.78, 5) is 27.4. The summed E-state index contributed by atoms with van der Waals surface area (Å²) in [5, 5.41) is 10.9. The molecule has 144 valence electrons. The van der Waals surface area contributed by atoms with Crippen LogP contribution < -0.4 is 0 Å². The average molecular weight is 383 g/mol. The van der Waals surface area contributed by atoms with Crippen molar-refractivity contribution >= 4 is 17.4 Å². The van der Waals surface area contributed by atoms with E-state index in [0.29, 0.717) is 18.5 Å². The molecule has 1 aliphatic rings. The van der Waals surface area contributed by atoms with Gasteiger partial charge in [0.15, 0.2) is 0 Å². The van der Waals surface area contributed by atoms with Crippen molar-refractivity contribution in [2.45, 2.75) is 12.5 Å². The van der Waals surface area contributed by atoms with Crippen LogP contribution in [-0.2, 0) is 16.0 Å². The van der Waals surface area contributed by atoms with Crippen LogP contribution in [0.4, 0.5) is 0 Å². The standard InChI is InChI=1S/C25H21NO3/c27-23(20-14-8-3-9-15-20)21-22(19-12-6-2-7-13-19)26(25(29)24(21)28)17-16-18-10-4-1-5-11-18/h1-15,22,27H,16-17H2/t22-/m1/s1. The third-order valence-corrected chi connectivity index (χ3v) is 5.19. The number of Topliss-reactive ketones (excluding diaryl/α,β-unsaturated/α-hetero) is 1. The lowest BCUT2D eigenvalue weighted by Gasteiger charge is -2.25. The predicted molar refractivity (Wildman–Crippen MR) is 112 cm³/mol. The second-order valence-corrected chi connectivity index (χ2v) is 7.00. The fourth-order valence-electron chi connectivity index (χ4n) is 3.74. The molecule has 3 aromatic rings. The molecule has 3 aromatic carbocycles. The van der Waals surface area contributed by atoms with Crippen LogP contribution in [0.15, 0.2) is 96.6 Å². The van der Waals surface area contributed by atoms with Gasteiger partial charge >= 0.3 is 0 Å². The van der Waals surface area contributed by atoms with E-state index in [4.69, 9.17) is 0 Å². The highest BCUT2D eigenvalue weighted by molar-refractivity contribution is 6.46. The minimum atomic E-state index is -0.645. The number of carbonyl (C=O) groups is 2. The highest BCUT2D eigenvalue weighted by Gasteiger charge is 2.45. The monoisotopic (exact) mass is 383 g/mol. The molecule has 1 aliphatic heterocycles. The second-order valence-electron chi connectivity index (χ2n) is 7.00. The second kappa shape index (κ2) is 8.15. The van der Waals surface area contributed by atoms with Gasteiger partial charge in [0.25, 0.3) is 11.7 Å².